The van der Waals surface area contributed by atoms with E-state index in [4.69, 9.17) is 15.6 Å². The van der Waals surface area contributed by atoms with E-state index in [1.807, 2.05) is 11.9 Å². The number of hydrogen-bond donors (Lipinski definition) is 2. The minimum absolute atomic E-state index is 0.0458. The topological polar surface area (TPSA) is 96.9 Å². The summed E-state index contributed by atoms with van der Waals surface area (Å²) in [6.45, 7) is 8.16. The van der Waals surface area contributed by atoms with E-state index in [2.05, 4.69) is 28.7 Å². The van der Waals surface area contributed by atoms with E-state index in [1.54, 1.807) is 17.8 Å². The number of nitrogens with two attached hydrogens (primary N) is 1. The molecule has 1 aromatic heterocycles. The van der Waals surface area contributed by atoms with Gasteiger partial charge in [-0.25, -0.2) is 23.8 Å². The Labute approximate surface area is 210 Å². The molecule has 2 aliphatic carbocycles. The van der Waals surface area contributed by atoms with E-state index in [1.165, 1.54) is 12.1 Å². The van der Waals surface area contributed by atoms with Crippen molar-refractivity contribution in [2.75, 3.05) is 29.7 Å². The van der Waals surface area contributed by atoms with Gasteiger partial charge in [0.2, 0.25) is 0 Å². The van der Waals surface area contributed by atoms with Crippen LogP contribution in [0.15, 0.2) is 28.5 Å². The predicted molar refractivity (Wildman–Crippen MR) is 137 cm³/mol. The minimum atomic E-state index is -0.755. The molecule has 0 bridgehead atoms. The summed E-state index contributed by atoms with van der Waals surface area (Å²) in [5, 5.41) is 15.6. The summed E-state index contributed by atoms with van der Waals surface area (Å²) >= 11 is 1.60. The lowest BCUT2D eigenvalue weighted by Crippen LogP contribution is -2.31. The van der Waals surface area contributed by atoms with Crippen LogP contribution in [0.1, 0.15) is 62.5 Å². The third kappa shape index (κ3) is 7.59. The first-order valence-electron chi connectivity index (χ1n) is 12.1. The van der Waals surface area contributed by atoms with Crippen molar-refractivity contribution in [2.24, 2.45) is 5.10 Å². The van der Waals surface area contributed by atoms with E-state index in [9.17, 15) is 8.78 Å². The molecule has 2 atom stereocenters. The van der Waals surface area contributed by atoms with Gasteiger partial charge >= 0.3 is 0 Å². The van der Waals surface area contributed by atoms with Crippen LogP contribution in [-0.2, 0) is 4.74 Å². The van der Waals surface area contributed by atoms with Gasteiger partial charge in [0.15, 0.2) is 22.6 Å². The third-order valence-corrected chi connectivity index (χ3v) is 7.14. The Morgan fingerprint density at radius 1 is 1.23 bits per heavy atom. The van der Waals surface area contributed by atoms with Gasteiger partial charge in [-0.1, -0.05) is 24.8 Å². The van der Waals surface area contributed by atoms with Crippen molar-refractivity contribution in [1.82, 2.24) is 9.97 Å². The lowest BCUT2D eigenvalue weighted by Gasteiger charge is -2.26. The predicted octanol–water partition coefficient (Wildman–Crippen LogP) is 5.06. The van der Waals surface area contributed by atoms with Gasteiger partial charge in [0, 0.05) is 18.0 Å². The number of nitrogen functional groups attached to an aromatic ring is 1. The monoisotopic (exact) mass is 507 g/mol. The highest BCUT2D eigenvalue weighted by atomic mass is 32.2. The SMILES string of the molecule is C=NN(c1nc(SCCC)nc(N)c1C)C1CCC(OCCO)C1.Fc1ccc(C2CC2)cc1F. The minimum Gasteiger partial charge on any atom is -0.394 e. The first-order valence-corrected chi connectivity index (χ1v) is 13.1. The largest absolute Gasteiger partial charge is 0.394 e. The van der Waals surface area contributed by atoms with E-state index in [0.29, 0.717) is 23.5 Å². The van der Waals surface area contributed by atoms with E-state index in [-0.39, 0.29) is 18.8 Å². The maximum absolute atomic E-state index is 12.6. The van der Waals surface area contributed by atoms with Crippen LogP contribution in [0.2, 0.25) is 0 Å². The molecule has 192 valence electrons. The molecule has 1 heterocycles. The summed E-state index contributed by atoms with van der Waals surface area (Å²) in [5.74, 6) is 1.17. The van der Waals surface area contributed by atoms with Crippen molar-refractivity contribution < 1.29 is 18.6 Å². The number of hydrazone groups is 1. The fourth-order valence-corrected chi connectivity index (χ4v) is 4.73. The maximum Gasteiger partial charge on any atom is 0.191 e. The maximum atomic E-state index is 12.6. The first kappa shape index (κ1) is 27.3. The molecule has 2 unspecified atom stereocenters. The van der Waals surface area contributed by atoms with Crippen molar-refractivity contribution in [3.05, 3.63) is 41.0 Å². The van der Waals surface area contributed by atoms with Crippen LogP contribution in [-0.4, -0.2) is 52.9 Å². The number of hydrogen-bond acceptors (Lipinski definition) is 8. The molecule has 4 rings (SSSR count). The zero-order valence-electron chi connectivity index (χ0n) is 20.4. The molecule has 0 radical (unpaired) electrons. The van der Waals surface area contributed by atoms with Gasteiger partial charge in [-0.2, -0.15) is 5.10 Å². The summed E-state index contributed by atoms with van der Waals surface area (Å²) in [7, 11) is 0. The number of aromatic nitrogens is 2. The molecule has 7 nitrogen and oxygen atoms in total. The van der Waals surface area contributed by atoms with Crippen LogP contribution in [0.4, 0.5) is 20.4 Å². The Morgan fingerprint density at radius 3 is 2.63 bits per heavy atom. The van der Waals surface area contributed by atoms with Crippen LogP contribution < -0.4 is 10.7 Å². The average molecular weight is 508 g/mol. The molecule has 0 amide bonds. The van der Waals surface area contributed by atoms with Gasteiger partial charge in [-0.05, 0) is 69.1 Å². The molecule has 10 heteroatoms. The standard InChI is InChI=1S/C16H27N5O2S.C9H8F2/c1-4-9-24-16-19-14(17)11(2)15(20-16)21(18-3)12-5-6-13(10-12)23-8-7-22;10-8-4-3-7(5-9(8)11)6-1-2-6/h12-13,22H,3-10H2,1-2H3,(H2,17,19,20);3-6H,1-2H2. The number of halogens is 2. The van der Waals surface area contributed by atoms with E-state index >= 15 is 0 Å². The summed E-state index contributed by atoms with van der Waals surface area (Å²) in [6.07, 6.45) is 6.13. The van der Waals surface area contributed by atoms with Gasteiger partial charge in [0.05, 0.1) is 25.4 Å². The van der Waals surface area contributed by atoms with Gasteiger partial charge in [-0.3, -0.25) is 0 Å². The summed E-state index contributed by atoms with van der Waals surface area (Å²) in [6, 6.07) is 4.33. The van der Waals surface area contributed by atoms with Gasteiger partial charge in [-0.15, -0.1) is 0 Å². The van der Waals surface area contributed by atoms with Crippen molar-refractivity contribution in [3.63, 3.8) is 0 Å². The number of aliphatic hydroxyl groups excluding tert-OH is 1. The summed E-state index contributed by atoms with van der Waals surface area (Å²) < 4.78 is 30.6. The smallest absolute Gasteiger partial charge is 0.191 e. The second kappa shape index (κ2) is 13.1. The number of thioether (sulfide) groups is 1. The summed E-state index contributed by atoms with van der Waals surface area (Å²) in [4.78, 5) is 9.01. The third-order valence-electron chi connectivity index (χ3n) is 6.08. The molecular formula is C25H35F2N5O2S. The Balaban J connectivity index is 0.000000256. The van der Waals surface area contributed by atoms with Crippen LogP contribution in [0.3, 0.4) is 0 Å². The normalized spacial score (nSPS) is 19.2. The van der Waals surface area contributed by atoms with Crippen LogP contribution in [0, 0.1) is 18.6 Å². The van der Waals surface area contributed by atoms with Gasteiger partial charge < -0.3 is 15.6 Å². The van der Waals surface area contributed by atoms with E-state index in [0.717, 1.165) is 61.2 Å². The molecule has 2 aromatic rings. The molecule has 3 N–H and O–H groups in total. The fourth-order valence-electron chi connectivity index (χ4n) is 4.03. The molecule has 0 saturated heterocycles. The van der Waals surface area contributed by atoms with Crippen molar-refractivity contribution in [2.45, 2.75) is 75.6 Å². The molecule has 2 aliphatic rings. The number of benzene rings is 1. The van der Waals surface area contributed by atoms with Crippen molar-refractivity contribution in [1.29, 1.82) is 0 Å². The highest BCUT2D eigenvalue weighted by Gasteiger charge is 2.32. The molecule has 0 aliphatic heterocycles. The second-order valence-electron chi connectivity index (χ2n) is 8.81. The average Bonchev–Trinajstić information content (AvgIpc) is 3.60. The van der Waals surface area contributed by atoms with Crippen LogP contribution in [0.25, 0.3) is 0 Å². The summed E-state index contributed by atoms with van der Waals surface area (Å²) in [5.41, 5.74) is 7.83. The van der Waals surface area contributed by atoms with Gasteiger partial charge in [0.1, 0.15) is 5.82 Å². The fraction of sp³-hybridized carbons (Fsp3) is 0.560. The number of nitrogens with zero attached hydrogens (tertiary/aromatic N) is 4. The molecule has 35 heavy (non-hydrogen) atoms. The number of anilines is 2. The van der Waals surface area contributed by atoms with Crippen molar-refractivity contribution in [3.8, 4) is 0 Å². The lowest BCUT2D eigenvalue weighted by molar-refractivity contribution is 0.0322. The highest BCUT2D eigenvalue weighted by Crippen LogP contribution is 2.40. The molecule has 1 aromatic carbocycles. The zero-order valence-corrected chi connectivity index (χ0v) is 21.2. The molecule has 2 saturated carbocycles. The highest BCUT2D eigenvalue weighted by molar-refractivity contribution is 7.99. The molecule has 2 fully saturated rings. The number of rotatable bonds is 10. The van der Waals surface area contributed by atoms with Gasteiger partial charge in [0.25, 0.3) is 0 Å². The molecule has 0 spiro atoms. The zero-order chi connectivity index (χ0) is 25.4. The molecular weight excluding hydrogens is 472 g/mol. The Morgan fingerprint density at radius 2 is 2.00 bits per heavy atom. The lowest BCUT2D eigenvalue weighted by atomic mass is 10.1. The second-order valence-corrected chi connectivity index (χ2v) is 9.87. The Kier molecular flexibility index (Phi) is 10.2. The van der Waals surface area contributed by atoms with Crippen molar-refractivity contribution >= 4 is 30.1 Å². The first-order chi connectivity index (χ1) is 16.9. The van der Waals surface area contributed by atoms with Crippen LogP contribution in [0.5, 0.6) is 0 Å². The Hall–Kier alpha value is -2.30. The number of aliphatic hydroxyl groups is 1. The number of ether oxygens (including phenoxy) is 1. The quantitative estimate of drug-likeness (QED) is 0.201. The van der Waals surface area contributed by atoms with E-state index < -0.39 is 11.6 Å². The Bertz CT molecular complexity index is 993. The van der Waals surface area contributed by atoms with Crippen LogP contribution >= 0.6 is 11.8 Å².